The highest BCUT2D eigenvalue weighted by atomic mass is 16.3. The molecular formula is C10H10O3. The van der Waals surface area contributed by atoms with Crippen molar-refractivity contribution in [2.75, 3.05) is 0 Å². The molecule has 0 aromatic carbocycles. The molecule has 1 unspecified atom stereocenters. The van der Waals surface area contributed by atoms with Crippen LogP contribution in [0, 0.1) is 5.92 Å². The van der Waals surface area contributed by atoms with Crippen molar-refractivity contribution in [3.8, 4) is 0 Å². The lowest BCUT2D eigenvalue weighted by Gasteiger charge is -2.13. The van der Waals surface area contributed by atoms with Crippen LogP contribution < -0.4 is 0 Å². The van der Waals surface area contributed by atoms with E-state index in [2.05, 4.69) is 0 Å². The minimum absolute atomic E-state index is 0.217. The third kappa shape index (κ3) is 1.76. The average Bonchev–Trinajstić information content (AvgIpc) is 2.17. The van der Waals surface area contributed by atoms with Gasteiger partial charge in [0.25, 0.3) is 0 Å². The molecule has 0 spiro atoms. The first-order valence-corrected chi connectivity index (χ1v) is 4.06. The second kappa shape index (κ2) is 3.87. The first kappa shape index (κ1) is 9.49. The van der Waals surface area contributed by atoms with E-state index in [1.807, 2.05) is 6.92 Å². The van der Waals surface area contributed by atoms with Crippen molar-refractivity contribution in [3.63, 3.8) is 0 Å². The molecule has 1 aliphatic rings. The Balaban J connectivity index is 2.97. The molecule has 0 aromatic rings. The van der Waals surface area contributed by atoms with Gasteiger partial charge in [0.05, 0.1) is 0 Å². The molecule has 0 aromatic heterocycles. The van der Waals surface area contributed by atoms with Gasteiger partial charge in [-0.05, 0) is 12.0 Å². The lowest BCUT2D eigenvalue weighted by atomic mass is 9.90. The zero-order chi connectivity index (χ0) is 9.84. The van der Waals surface area contributed by atoms with Crippen LogP contribution in [0.1, 0.15) is 13.3 Å². The average molecular weight is 178 g/mol. The zero-order valence-corrected chi connectivity index (χ0v) is 7.28. The SMILES string of the molecule is CCC1=CC=CC(C(O)=C=O)C1=O. The predicted molar refractivity (Wildman–Crippen MR) is 47.8 cm³/mol. The van der Waals surface area contributed by atoms with Crippen molar-refractivity contribution in [3.05, 3.63) is 29.6 Å². The Morgan fingerprint density at radius 3 is 2.92 bits per heavy atom. The summed E-state index contributed by atoms with van der Waals surface area (Å²) in [7, 11) is 0. The van der Waals surface area contributed by atoms with E-state index in [-0.39, 0.29) is 5.78 Å². The molecule has 0 amide bonds. The lowest BCUT2D eigenvalue weighted by Crippen LogP contribution is -2.19. The van der Waals surface area contributed by atoms with Gasteiger partial charge in [-0.3, -0.25) is 4.79 Å². The van der Waals surface area contributed by atoms with Crippen molar-refractivity contribution in [1.82, 2.24) is 0 Å². The van der Waals surface area contributed by atoms with E-state index in [4.69, 9.17) is 5.11 Å². The fourth-order valence-electron chi connectivity index (χ4n) is 1.22. The molecule has 0 saturated heterocycles. The molecular weight excluding hydrogens is 168 g/mol. The van der Waals surface area contributed by atoms with Crippen molar-refractivity contribution < 1.29 is 14.7 Å². The summed E-state index contributed by atoms with van der Waals surface area (Å²) < 4.78 is 0. The van der Waals surface area contributed by atoms with E-state index >= 15 is 0 Å². The van der Waals surface area contributed by atoms with E-state index in [0.29, 0.717) is 12.0 Å². The predicted octanol–water partition coefficient (Wildman–Crippen LogP) is 1.35. The van der Waals surface area contributed by atoms with Crippen LogP contribution >= 0.6 is 0 Å². The van der Waals surface area contributed by atoms with E-state index in [9.17, 15) is 9.59 Å². The standard InChI is InChI=1S/C10H10O3/c1-2-7-4-3-5-8(10(7)13)9(12)6-11/h3-5,8,12H,2H2,1H3. The molecule has 1 aliphatic carbocycles. The van der Waals surface area contributed by atoms with Crippen LogP contribution in [0.25, 0.3) is 0 Å². The van der Waals surface area contributed by atoms with Crippen LogP contribution in [0.15, 0.2) is 29.6 Å². The number of carbonyl (C=O) groups excluding carboxylic acids is 2. The lowest BCUT2D eigenvalue weighted by molar-refractivity contribution is -0.117. The molecule has 3 heteroatoms. The molecule has 0 saturated carbocycles. The number of aliphatic hydroxyl groups excluding tert-OH is 1. The molecule has 1 atom stereocenters. The van der Waals surface area contributed by atoms with Crippen LogP contribution in [-0.4, -0.2) is 16.8 Å². The molecule has 13 heavy (non-hydrogen) atoms. The van der Waals surface area contributed by atoms with Crippen LogP contribution in [0.2, 0.25) is 0 Å². The van der Waals surface area contributed by atoms with Gasteiger partial charge in [-0.1, -0.05) is 25.2 Å². The molecule has 0 aliphatic heterocycles. The Morgan fingerprint density at radius 2 is 2.38 bits per heavy atom. The van der Waals surface area contributed by atoms with Gasteiger partial charge in [0.2, 0.25) is 0 Å². The van der Waals surface area contributed by atoms with Crippen LogP contribution in [0.5, 0.6) is 0 Å². The second-order valence-corrected chi connectivity index (χ2v) is 2.76. The first-order chi connectivity index (χ1) is 6.20. The quantitative estimate of drug-likeness (QED) is 0.513. The Labute approximate surface area is 76.1 Å². The van der Waals surface area contributed by atoms with Crippen molar-refractivity contribution >= 4 is 11.7 Å². The Morgan fingerprint density at radius 1 is 1.69 bits per heavy atom. The number of carbonyl (C=O) groups is 1. The fraction of sp³-hybridized carbons (Fsp3) is 0.300. The minimum Gasteiger partial charge on any atom is -0.501 e. The zero-order valence-electron chi connectivity index (χ0n) is 7.28. The summed E-state index contributed by atoms with van der Waals surface area (Å²) in [6.45, 7) is 1.85. The molecule has 0 heterocycles. The third-order valence-electron chi connectivity index (χ3n) is 1.98. The van der Waals surface area contributed by atoms with E-state index in [1.54, 1.807) is 12.2 Å². The Kier molecular flexibility index (Phi) is 2.83. The van der Waals surface area contributed by atoms with Crippen molar-refractivity contribution in [2.45, 2.75) is 13.3 Å². The van der Waals surface area contributed by atoms with Gasteiger partial charge in [-0.15, -0.1) is 0 Å². The Hall–Kier alpha value is -1.60. The van der Waals surface area contributed by atoms with Gasteiger partial charge in [0.15, 0.2) is 17.5 Å². The number of hydrogen-bond acceptors (Lipinski definition) is 3. The normalized spacial score (nSPS) is 20.8. The van der Waals surface area contributed by atoms with Gasteiger partial charge in [0.1, 0.15) is 5.92 Å². The van der Waals surface area contributed by atoms with Gasteiger partial charge >= 0.3 is 0 Å². The van der Waals surface area contributed by atoms with Crippen molar-refractivity contribution in [1.29, 1.82) is 0 Å². The van der Waals surface area contributed by atoms with E-state index in [1.165, 1.54) is 12.0 Å². The molecule has 0 bridgehead atoms. The first-order valence-electron chi connectivity index (χ1n) is 4.06. The highest BCUT2D eigenvalue weighted by Crippen LogP contribution is 2.20. The monoisotopic (exact) mass is 178 g/mol. The molecule has 1 rings (SSSR count). The minimum atomic E-state index is -0.822. The molecule has 0 fully saturated rings. The van der Waals surface area contributed by atoms with Gasteiger partial charge < -0.3 is 5.11 Å². The summed E-state index contributed by atoms with van der Waals surface area (Å²) in [4.78, 5) is 21.6. The van der Waals surface area contributed by atoms with Crippen LogP contribution in [-0.2, 0) is 9.59 Å². The van der Waals surface area contributed by atoms with Gasteiger partial charge in [-0.2, -0.15) is 0 Å². The second-order valence-electron chi connectivity index (χ2n) is 2.76. The molecule has 68 valence electrons. The molecule has 3 nitrogen and oxygen atoms in total. The summed E-state index contributed by atoms with van der Waals surface area (Å²) in [5.74, 6) is -0.247. The topological polar surface area (TPSA) is 54.4 Å². The maximum atomic E-state index is 11.5. The highest BCUT2D eigenvalue weighted by Gasteiger charge is 2.24. The maximum absolute atomic E-state index is 11.5. The van der Waals surface area contributed by atoms with Crippen LogP contribution in [0.4, 0.5) is 0 Å². The molecule has 0 radical (unpaired) electrons. The fourth-order valence-corrected chi connectivity index (χ4v) is 1.22. The summed E-state index contributed by atoms with van der Waals surface area (Å²) in [5.41, 5.74) is 0.620. The summed E-state index contributed by atoms with van der Waals surface area (Å²) in [6.07, 6.45) is 5.45. The van der Waals surface area contributed by atoms with E-state index in [0.717, 1.165) is 0 Å². The number of allylic oxidation sites excluding steroid dienone is 4. The number of hydrogen-bond donors (Lipinski definition) is 1. The number of rotatable bonds is 2. The number of aliphatic hydroxyl groups is 1. The third-order valence-corrected chi connectivity index (χ3v) is 1.98. The smallest absolute Gasteiger partial charge is 0.191 e. The number of Topliss-reactive ketones (excluding diaryl/α,β-unsaturated/α-hetero) is 1. The Bertz CT molecular complexity index is 330. The molecule has 1 N–H and O–H groups in total. The van der Waals surface area contributed by atoms with Crippen LogP contribution in [0.3, 0.4) is 0 Å². The van der Waals surface area contributed by atoms with Crippen molar-refractivity contribution in [2.24, 2.45) is 5.92 Å². The maximum Gasteiger partial charge on any atom is 0.191 e. The van der Waals surface area contributed by atoms with Gasteiger partial charge in [-0.25, -0.2) is 4.79 Å². The summed E-state index contributed by atoms with van der Waals surface area (Å²) >= 11 is 0. The summed E-state index contributed by atoms with van der Waals surface area (Å²) in [6, 6.07) is 0. The highest BCUT2D eigenvalue weighted by molar-refractivity contribution is 6.01. The van der Waals surface area contributed by atoms with E-state index < -0.39 is 11.7 Å². The van der Waals surface area contributed by atoms with Gasteiger partial charge in [0, 0.05) is 0 Å². The summed E-state index contributed by atoms with van der Waals surface area (Å²) in [5, 5.41) is 9.06. The number of ketones is 1. The largest absolute Gasteiger partial charge is 0.501 e.